The molecule has 0 saturated carbocycles. The molecule has 5 rings (SSSR count). The van der Waals surface area contributed by atoms with Gasteiger partial charge in [0.25, 0.3) is 0 Å². The van der Waals surface area contributed by atoms with Crippen molar-refractivity contribution in [2.24, 2.45) is 0 Å². The average molecular weight is 428 g/mol. The summed E-state index contributed by atoms with van der Waals surface area (Å²) in [5.41, 5.74) is 5.10. The maximum Gasteiger partial charge on any atom is 0.227 e. The topological polar surface area (TPSA) is 71.3 Å². The van der Waals surface area contributed by atoms with Crippen LogP contribution in [0.3, 0.4) is 0 Å². The van der Waals surface area contributed by atoms with E-state index in [1.165, 1.54) is 23.4 Å². The number of halogens is 1. The standard InChI is InChI=1S/C25H21FN4O2/c26-19-7-5-18(6-8-19)25-28-24(32-29-25)14-13-23(31)27-20-9-11-21(12-10-20)30-16-15-17-3-1-2-4-22(17)30/h1-12H,13-16H2,(H,27,31). The summed E-state index contributed by atoms with van der Waals surface area (Å²) < 4.78 is 18.3. The average Bonchev–Trinajstić information content (AvgIpc) is 3.46. The molecule has 1 amide bonds. The van der Waals surface area contributed by atoms with Gasteiger partial charge >= 0.3 is 0 Å². The molecular weight excluding hydrogens is 407 g/mol. The number of nitrogens with one attached hydrogen (secondary N) is 1. The van der Waals surface area contributed by atoms with Gasteiger partial charge in [-0.1, -0.05) is 23.4 Å². The highest BCUT2D eigenvalue weighted by Crippen LogP contribution is 2.34. The Morgan fingerprint density at radius 2 is 1.81 bits per heavy atom. The first-order valence-electron chi connectivity index (χ1n) is 10.5. The molecule has 0 atom stereocenters. The zero-order chi connectivity index (χ0) is 21.9. The van der Waals surface area contributed by atoms with Crippen LogP contribution in [-0.4, -0.2) is 22.6 Å². The lowest BCUT2D eigenvalue weighted by molar-refractivity contribution is -0.116. The third-order valence-corrected chi connectivity index (χ3v) is 5.49. The molecule has 160 valence electrons. The molecule has 0 unspecified atom stereocenters. The molecule has 3 aromatic carbocycles. The van der Waals surface area contributed by atoms with Crippen molar-refractivity contribution in [3.05, 3.63) is 90.1 Å². The minimum Gasteiger partial charge on any atom is -0.341 e. The van der Waals surface area contributed by atoms with Crippen molar-refractivity contribution in [3.8, 4) is 11.4 Å². The lowest BCUT2D eigenvalue weighted by Crippen LogP contribution is -2.14. The molecule has 4 aromatic rings. The third kappa shape index (κ3) is 4.23. The second-order valence-corrected chi connectivity index (χ2v) is 7.64. The fourth-order valence-electron chi connectivity index (χ4n) is 3.85. The van der Waals surface area contributed by atoms with Crippen LogP contribution in [0.2, 0.25) is 0 Å². The van der Waals surface area contributed by atoms with Gasteiger partial charge in [-0.15, -0.1) is 0 Å². The van der Waals surface area contributed by atoms with Crippen LogP contribution in [0.1, 0.15) is 17.9 Å². The Morgan fingerprint density at radius 3 is 2.62 bits per heavy atom. The lowest BCUT2D eigenvalue weighted by Gasteiger charge is -2.20. The van der Waals surface area contributed by atoms with E-state index in [1.54, 1.807) is 12.1 Å². The number of benzene rings is 3. The van der Waals surface area contributed by atoms with Gasteiger partial charge in [-0.25, -0.2) is 4.39 Å². The summed E-state index contributed by atoms with van der Waals surface area (Å²) in [5.74, 6) is 0.278. The molecule has 1 aliphatic heterocycles. The Bertz CT molecular complexity index is 1240. The molecule has 7 heteroatoms. The summed E-state index contributed by atoms with van der Waals surface area (Å²) in [6.45, 7) is 0.954. The highest BCUT2D eigenvalue weighted by atomic mass is 19.1. The maximum atomic E-state index is 13.0. The van der Waals surface area contributed by atoms with E-state index in [9.17, 15) is 9.18 Å². The smallest absolute Gasteiger partial charge is 0.227 e. The summed E-state index contributed by atoms with van der Waals surface area (Å²) >= 11 is 0. The van der Waals surface area contributed by atoms with Crippen molar-refractivity contribution in [3.63, 3.8) is 0 Å². The number of hydrogen-bond acceptors (Lipinski definition) is 5. The molecule has 1 N–H and O–H groups in total. The maximum absolute atomic E-state index is 13.0. The van der Waals surface area contributed by atoms with Crippen molar-refractivity contribution in [1.29, 1.82) is 0 Å². The Hall–Kier alpha value is -4.00. The van der Waals surface area contributed by atoms with Crippen LogP contribution in [0.15, 0.2) is 77.3 Å². The van der Waals surface area contributed by atoms with E-state index in [4.69, 9.17) is 4.52 Å². The highest BCUT2D eigenvalue weighted by Gasteiger charge is 2.19. The van der Waals surface area contributed by atoms with E-state index in [-0.39, 0.29) is 18.1 Å². The number of nitrogens with zero attached hydrogens (tertiary/aromatic N) is 3. The van der Waals surface area contributed by atoms with Gasteiger partial charge in [0, 0.05) is 42.0 Å². The molecule has 0 aliphatic carbocycles. The van der Waals surface area contributed by atoms with Crippen LogP contribution in [0.4, 0.5) is 21.5 Å². The summed E-state index contributed by atoms with van der Waals surface area (Å²) in [5, 5.41) is 6.80. The fourth-order valence-corrected chi connectivity index (χ4v) is 3.85. The number of anilines is 3. The molecule has 0 radical (unpaired) electrons. The van der Waals surface area contributed by atoms with Crippen LogP contribution in [0.5, 0.6) is 0 Å². The van der Waals surface area contributed by atoms with E-state index in [1.807, 2.05) is 24.3 Å². The Balaban J connectivity index is 1.16. The Labute approximate surface area is 184 Å². The monoisotopic (exact) mass is 428 g/mol. The Kier molecular flexibility index (Phi) is 5.37. The Morgan fingerprint density at radius 1 is 1.03 bits per heavy atom. The van der Waals surface area contributed by atoms with Crippen LogP contribution in [0.25, 0.3) is 11.4 Å². The van der Waals surface area contributed by atoms with Gasteiger partial charge in [0.05, 0.1) is 0 Å². The highest BCUT2D eigenvalue weighted by molar-refractivity contribution is 5.91. The van der Waals surface area contributed by atoms with E-state index in [0.717, 1.165) is 24.3 Å². The summed E-state index contributed by atoms with van der Waals surface area (Å²) in [6.07, 6.45) is 1.57. The SMILES string of the molecule is O=C(CCc1nc(-c2ccc(F)cc2)no1)Nc1ccc(N2CCc3ccccc32)cc1. The van der Waals surface area contributed by atoms with E-state index in [2.05, 4.69) is 44.6 Å². The molecule has 1 aromatic heterocycles. The number of aromatic nitrogens is 2. The number of carbonyl (C=O) groups excluding carboxylic acids is 1. The molecule has 0 fully saturated rings. The number of carbonyl (C=O) groups is 1. The summed E-state index contributed by atoms with van der Waals surface area (Å²) in [7, 11) is 0. The van der Waals surface area contributed by atoms with Crippen LogP contribution < -0.4 is 10.2 Å². The number of aryl methyl sites for hydroxylation is 1. The third-order valence-electron chi connectivity index (χ3n) is 5.49. The summed E-state index contributed by atoms with van der Waals surface area (Å²) in [6, 6.07) is 22.1. The predicted octanol–water partition coefficient (Wildman–Crippen LogP) is 5.14. The first-order chi connectivity index (χ1) is 15.7. The number of rotatable bonds is 6. The van der Waals surface area contributed by atoms with Gasteiger partial charge in [0.1, 0.15) is 5.82 Å². The quantitative estimate of drug-likeness (QED) is 0.460. The number of hydrogen-bond donors (Lipinski definition) is 1. The van der Waals surface area contributed by atoms with Crippen LogP contribution in [0, 0.1) is 5.82 Å². The van der Waals surface area contributed by atoms with Gasteiger partial charge in [-0.2, -0.15) is 4.98 Å². The van der Waals surface area contributed by atoms with Gasteiger partial charge < -0.3 is 14.7 Å². The first kappa shape index (κ1) is 19.9. The minimum atomic E-state index is -0.326. The number of amides is 1. The largest absolute Gasteiger partial charge is 0.341 e. The van der Waals surface area contributed by atoms with Crippen molar-refractivity contribution < 1.29 is 13.7 Å². The zero-order valence-electron chi connectivity index (χ0n) is 17.3. The normalized spacial score (nSPS) is 12.6. The van der Waals surface area contributed by atoms with Gasteiger partial charge in [-0.3, -0.25) is 4.79 Å². The van der Waals surface area contributed by atoms with Crippen molar-refractivity contribution >= 4 is 23.0 Å². The molecule has 2 heterocycles. The van der Waals surface area contributed by atoms with Crippen LogP contribution >= 0.6 is 0 Å². The molecule has 32 heavy (non-hydrogen) atoms. The lowest BCUT2D eigenvalue weighted by atomic mass is 10.2. The van der Waals surface area contributed by atoms with Gasteiger partial charge in [0.15, 0.2) is 0 Å². The second-order valence-electron chi connectivity index (χ2n) is 7.64. The van der Waals surface area contributed by atoms with E-state index < -0.39 is 0 Å². The molecule has 0 saturated heterocycles. The molecule has 0 bridgehead atoms. The molecular formula is C25H21FN4O2. The molecule has 6 nitrogen and oxygen atoms in total. The molecule has 1 aliphatic rings. The molecule has 0 spiro atoms. The zero-order valence-corrected chi connectivity index (χ0v) is 17.3. The first-order valence-corrected chi connectivity index (χ1v) is 10.5. The van der Waals surface area contributed by atoms with E-state index >= 15 is 0 Å². The second kappa shape index (κ2) is 8.63. The van der Waals surface area contributed by atoms with E-state index in [0.29, 0.717) is 23.7 Å². The fraction of sp³-hybridized carbons (Fsp3) is 0.160. The van der Waals surface area contributed by atoms with Crippen molar-refractivity contribution in [2.45, 2.75) is 19.3 Å². The predicted molar refractivity (Wildman–Crippen MR) is 120 cm³/mol. The van der Waals surface area contributed by atoms with Gasteiger partial charge in [-0.05, 0) is 66.6 Å². The minimum absolute atomic E-state index is 0.134. The number of para-hydroxylation sites is 1. The summed E-state index contributed by atoms with van der Waals surface area (Å²) in [4.78, 5) is 18.9. The van der Waals surface area contributed by atoms with Gasteiger partial charge in [0.2, 0.25) is 17.6 Å². The van der Waals surface area contributed by atoms with Crippen LogP contribution in [-0.2, 0) is 17.6 Å². The number of fused-ring (bicyclic) bond motifs is 1. The van der Waals surface area contributed by atoms with Crippen molar-refractivity contribution in [1.82, 2.24) is 10.1 Å². The van der Waals surface area contributed by atoms with Crippen molar-refractivity contribution in [2.75, 3.05) is 16.8 Å².